The zero-order chi connectivity index (χ0) is 10.0. The second-order valence-corrected chi connectivity index (χ2v) is 3.33. The molecule has 1 atom stereocenters. The van der Waals surface area contributed by atoms with Gasteiger partial charge in [0.15, 0.2) is 6.17 Å². The molecule has 0 radical (unpaired) electrons. The molecule has 1 aliphatic heterocycles. The second kappa shape index (κ2) is 3.72. The summed E-state index contributed by atoms with van der Waals surface area (Å²) in [6.07, 6.45) is -1.78. The summed E-state index contributed by atoms with van der Waals surface area (Å²) in [6.45, 7) is 2.42. The number of hydrogen-bond donors (Lipinski definition) is 1. The summed E-state index contributed by atoms with van der Waals surface area (Å²) in [5, 5.41) is 8.27. The van der Waals surface area contributed by atoms with Crippen molar-refractivity contribution in [3.8, 4) is 0 Å². The third kappa shape index (κ3) is 2.40. The summed E-state index contributed by atoms with van der Waals surface area (Å²) in [7, 11) is 0. The molecule has 1 rings (SSSR count). The van der Waals surface area contributed by atoms with Crippen molar-refractivity contribution >= 4 is 11.9 Å². The first kappa shape index (κ1) is 9.95. The lowest BCUT2D eigenvalue weighted by atomic mass is 9.94. The molecule has 0 saturated carbocycles. The summed E-state index contributed by atoms with van der Waals surface area (Å²) in [4.78, 5) is 22.4. The van der Waals surface area contributed by atoms with Crippen LogP contribution in [0.25, 0.3) is 0 Å². The zero-order valence-electron chi connectivity index (χ0n) is 7.36. The molecule has 74 valence electrons. The Morgan fingerprint density at radius 2 is 2.15 bits per heavy atom. The van der Waals surface area contributed by atoms with Crippen molar-refractivity contribution in [3.05, 3.63) is 0 Å². The Bertz CT molecular complexity index is 225. The number of nitrogens with zero attached hydrogens (tertiary/aromatic N) is 1. The van der Waals surface area contributed by atoms with Crippen molar-refractivity contribution in [1.29, 1.82) is 0 Å². The van der Waals surface area contributed by atoms with Gasteiger partial charge in [-0.1, -0.05) is 0 Å². The van der Waals surface area contributed by atoms with Gasteiger partial charge in [-0.15, -0.1) is 0 Å². The van der Waals surface area contributed by atoms with Crippen LogP contribution in [0.3, 0.4) is 0 Å². The van der Waals surface area contributed by atoms with Crippen LogP contribution in [0.1, 0.15) is 13.3 Å². The molecule has 13 heavy (non-hydrogen) atoms. The minimum absolute atomic E-state index is 0.00926. The molecule has 0 aromatic heterocycles. The Labute approximate surface area is 75.3 Å². The molecule has 1 saturated heterocycles. The molecular formula is C8H12FNO3. The number of carbonyl (C=O) groups excluding carboxylic acids is 1. The first-order valence-corrected chi connectivity index (χ1v) is 4.13. The fourth-order valence-corrected chi connectivity index (χ4v) is 1.37. The molecule has 0 aliphatic carbocycles. The monoisotopic (exact) mass is 189 g/mol. The fraction of sp³-hybridized carbons (Fsp3) is 0.750. The van der Waals surface area contributed by atoms with Gasteiger partial charge in [-0.3, -0.25) is 4.79 Å². The van der Waals surface area contributed by atoms with Crippen LogP contribution >= 0.6 is 0 Å². The third-order valence-electron chi connectivity index (χ3n) is 2.21. The van der Waals surface area contributed by atoms with E-state index in [9.17, 15) is 14.0 Å². The van der Waals surface area contributed by atoms with Gasteiger partial charge < -0.3 is 10.0 Å². The summed E-state index contributed by atoms with van der Waals surface area (Å²) in [5.74, 6) is -1.45. The lowest BCUT2D eigenvalue weighted by Gasteiger charge is -2.38. The number of likely N-dealkylation sites (tertiary alicyclic amines) is 1. The van der Waals surface area contributed by atoms with Gasteiger partial charge in [0.25, 0.3) is 0 Å². The van der Waals surface area contributed by atoms with Crippen LogP contribution < -0.4 is 0 Å². The van der Waals surface area contributed by atoms with Crippen molar-refractivity contribution in [1.82, 2.24) is 4.90 Å². The Hall–Kier alpha value is -1.13. The van der Waals surface area contributed by atoms with Gasteiger partial charge in [-0.2, -0.15) is 0 Å². The van der Waals surface area contributed by atoms with Crippen LogP contribution in [0, 0.1) is 5.92 Å². The summed E-state index contributed by atoms with van der Waals surface area (Å²) >= 11 is 0. The molecule has 1 heterocycles. The minimum atomic E-state index is -1.79. The standard InChI is InChI=1S/C8H12FNO3/c1-5(11)10-3-6(4-10)2-7(9)8(12)13/h6-7H,2-4H2,1H3,(H,12,13). The smallest absolute Gasteiger partial charge is 0.338 e. The number of carboxylic acid groups (broad SMARTS) is 1. The van der Waals surface area contributed by atoms with E-state index in [0.717, 1.165) is 0 Å². The van der Waals surface area contributed by atoms with E-state index in [0.29, 0.717) is 13.1 Å². The van der Waals surface area contributed by atoms with Crippen LogP contribution in [0.5, 0.6) is 0 Å². The predicted octanol–water partition coefficient (Wildman–Crippen LogP) is 0.278. The fourth-order valence-electron chi connectivity index (χ4n) is 1.37. The number of hydrogen-bond acceptors (Lipinski definition) is 2. The van der Waals surface area contributed by atoms with Crippen LogP contribution in [-0.4, -0.2) is 41.1 Å². The first-order chi connectivity index (χ1) is 6.00. The van der Waals surface area contributed by atoms with Gasteiger partial charge in [-0.05, 0) is 12.3 Å². The highest BCUT2D eigenvalue weighted by Crippen LogP contribution is 2.21. The zero-order valence-corrected chi connectivity index (χ0v) is 7.36. The predicted molar refractivity (Wildman–Crippen MR) is 42.9 cm³/mol. The van der Waals surface area contributed by atoms with E-state index in [1.807, 2.05) is 0 Å². The number of alkyl halides is 1. The lowest BCUT2D eigenvalue weighted by Crippen LogP contribution is -2.50. The Kier molecular flexibility index (Phi) is 2.85. The number of rotatable bonds is 3. The average Bonchev–Trinajstić information content (AvgIpc) is 1.94. The first-order valence-electron chi connectivity index (χ1n) is 4.13. The number of halogens is 1. The molecule has 1 fully saturated rings. The van der Waals surface area contributed by atoms with Crippen LogP contribution in [0.15, 0.2) is 0 Å². The largest absolute Gasteiger partial charge is 0.479 e. The van der Waals surface area contributed by atoms with E-state index in [-0.39, 0.29) is 18.2 Å². The van der Waals surface area contributed by atoms with Gasteiger partial charge in [-0.25, -0.2) is 9.18 Å². The average molecular weight is 189 g/mol. The normalized spacial score (nSPS) is 19.4. The Morgan fingerprint density at radius 3 is 2.54 bits per heavy atom. The molecule has 1 unspecified atom stereocenters. The molecule has 0 bridgehead atoms. The molecule has 0 spiro atoms. The highest BCUT2D eigenvalue weighted by molar-refractivity contribution is 5.74. The van der Waals surface area contributed by atoms with Gasteiger partial charge in [0.1, 0.15) is 0 Å². The van der Waals surface area contributed by atoms with Crippen molar-refractivity contribution in [2.75, 3.05) is 13.1 Å². The molecule has 0 aromatic carbocycles. The van der Waals surface area contributed by atoms with Crippen LogP contribution in [0.4, 0.5) is 4.39 Å². The number of carboxylic acids is 1. The molecular weight excluding hydrogens is 177 g/mol. The topological polar surface area (TPSA) is 57.6 Å². The SMILES string of the molecule is CC(=O)N1CC(CC(F)C(=O)O)C1. The van der Waals surface area contributed by atoms with Crippen molar-refractivity contribution in [3.63, 3.8) is 0 Å². The maximum absolute atomic E-state index is 12.6. The van der Waals surface area contributed by atoms with Gasteiger partial charge >= 0.3 is 5.97 Å². The summed E-state index contributed by atoms with van der Waals surface area (Å²) < 4.78 is 12.6. The summed E-state index contributed by atoms with van der Waals surface area (Å²) in [5.41, 5.74) is 0. The lowest BCUT2D eigenvalue weighted by molar-refractivity contribution is -0.144. The number of aliphatic carboxylic acids is 1. The Balaban J connectivity index is 2.21. The van der Waals surface area contributed by atoms with E-state index in [4.69, 9.17) is 5.11 Å². The van der Waals surface area contributed by atoms with Crippen LogP contribution in [0.2, 0.25) is 0 Å². The summed E-state index contributed by atoms with van der Waals surface area (Å²) in [6, 6.07) is 0. The van der Waals surface area contributed by atoms with E-state index in [2.05, 4.69) is 0 Å². The van der Waals surface area contributed by atoms with Gasteiger partial charge in [0.05, 0.1) is 0 Å². The molecule has 1 aliphatic rings. The third-order valence-corrected chi connectivity index (χ3v) is 2.21. The molecule has 1 amide bonds. The van der Waals surface area contributed by atoms with Crippen molar-refractivity contribution in [2.24, 2.45) is 5.92 Å². The minimum Gasteiger partial charge on any atom is -0.479 e. The van der Waals surface area contributed by atoms with Gasteiger partial charge in [0, 0.05) is 20.0 Å². The highest BCUT2D eigenvalue weighted by atomic mass is 19.1. The van der Waals surface area contributed by atoms with E-state index in [1.54, 1.807) is 4.90 Å². The number of amides is 1. The van der Waals surface area contributed by atoms with Gasteiger partial charge in [0.2, 0.25) is 5.91 Å². The van der Waals surface area contributed by atoms with E-state index >= 15 is 0 Å². The maximum atomic E-state index is 12.6. The molecule has 0 aromatic rings. The molecule has 4 nitrogen and oxygen atoms in total. The van der Waals surface area contributed by atoms with Crippen LogP contribution in [-0.2, 0) is 9.59 Å². The maximum Gasteiger partial charge on any atom is 0.338 e. The second-order valence-electron chi connectivity index (χ2n) is 3.33. The molecule has 5 heteroatoms. The van der Waals surface area contributed by atoms with E-state index in [1.165, 1.54) is 6.92 Å². The quantitative estimate of drug-likeness (QED) is 0.693. The number of carbonyl (C=O) groups is 2. The highest BCUT2D eigenvalue weighted by Gasteiger charge is 2.32. The van der Waals surface area contributed by atoms with Crippen molar-refractivity contribution in [2.45, 2.75) is 19.5 Å². The van der Waals surface area contributed by atoms with E-state index < -0.39 is 12.1 Å². The Morgan fingerprint density at radius 1 is 1.62 bits per heavy atom. The molecule has 1 N–H and O–H groups in total. The van der Waals surface area contributed by atoms with Crippen molar-refractivity contribution < 1.29 is 19.1 Å².